The summed E-state index contributed by atoms with van der Waals surface area (Å²) in [5.41, 5.74) is 8.76. The summed E-state index contributed by atoms with van der Waals surface area (Å²) in [6.45, 7) is 5.81. The SMILES string of the molecule is CC(C)N1CCCCC1Cc1cn2cc(N)ccc2n1. The monoisotopic (exact) mass is 272 g/mol. The third-order valence-electron chi connectivity index (χ3n) is 4.30. The number of nitrogens with zero attached hydrogens (tertiary/aromatic N) is 3. The fourth-order valence-corrected chi connectivity index (χ4v) is 3.32. The van der Waals surface area contributed by atoms with E-state index in [1.54, 1.807) is 0 Å². The molecule has 108 valence electrons. The average molecular weight is 272 g/mol. The first kappa shape index (κ1) is 13.4. The Morgan fingerprint density at radius 1 is 1.30 bits per heavy atom. The van der Waals surface area contributed by atoms with Crippen molar-refractivity contribution >= 4 is 11.3 Å². The number of fused-ring (bicyclic) bond motifs is 1. The fraction of sp³-hybridized carbons (Fsp3) is 0.562. The van der Waals surface area contributed by atoms with Gasteiger partial charge in [0.05, 0.1) is 5.69 Å². The Morgan fingerprint density at radius 2 is 2.15 bits per heavy atom. The predicted octanol–water partition coefficient (Wildman–Crippen LogP) is 2.72. The van der Waals surface area contributed by atoms with E-state index in [9.17, 15) is 0 Å². The molecular weight excluding hydrogens is 248 g/mol. The minimum absolute atomic E-state index is 0.618. The lowest BCUT2D eigenvalue weighted by Crippen LogP contribution is -2.45. The van der Waals surface area contributed by atoms with E-state index in [1.165, 1.54) is 31.5 Å². The summed E-state index contributed by atoms with van der Waals surface area (Å²) < 4.78 is 2.03. The molecule has 1 aliphatic heterocycles. The number of aromatic nitrogens is 2. The normalized spacial score (nSPS) is 20.9. The molecule has 0 radical (unpaired) electrons. The van der Waals surface area contributed by atoms with Gasteiger partial charge in [0.15, 0.2) is 0 Å². The minimum Gasteiger partial charge on any atom is -0.398 e. The second kappa shape index (κ2) is 5.44. The van der Waals surface area contributed by atoms with Gasteiger partial charge in [-0.1, -0.05) is 6.42 Å². The van der Waals surface area contributed by atoms with Gasteiger partial charge >= 0.3 is 0 Å². The van der Waals surface area contributed by atoms with E-state index < -0.39 is 0 Å². The predicted molar refractivity (Wildman–Crippen MR) is 82.8 cm³/mol. The molecule has 2 N–H and O–H groups in total. The van der Waals surface area contributed by atoms with Crippen molar-refractivity contribution in [3.8, 4) is 0 Å². The number of nitrogen functional groups attached to an aromatic ring is 1. The first-order valence-electron chi connectivity index (χ1n) is 7.62. The molecule has 0 saturated carbocycles. The third kappa shape index (κ3) is 2.66. The average Bonchev–Trinajstić information content (AvgIpc) is 2.80. The summed E-state index contributed by atoms with van der Waals surface area (Å²) in [4.78, 5) is 7.35. The van der Waals surface area contributed by atoms with Crippen LogP contribution in [0.4, 0.5) is 5.69 Å². The first-order chi connectivity index (χ1) is 9.63. The first-order valence-corrected chi connectivity index (χ1v) is 7.62. The van der Waals surface area contributed by atoms with Crippen molar-refractivity contribution in [3.63, 3.8) is 0 Å². The minimum atomic E-state index is 0.618. The Labute approximate surface area is 120 Å². The van der Waals surface area contributed by atoms with Crippen LogP contribution in [0, 0.1) is 0 Å². The largest absolute Gasteiger partial charge is 0.398 e. The topological polar surface area (TPSA) is 46.6 Å². The van der Waals surface area contributed by atoms with E-state index in [4.69, 9.17) is 10.7 Å². The number of likely N-dealkylation sites (tertiary alicyclic amines) is 1. The summed E-state index contributed by atoms with van der Waals surface area (Å²) in [7, 11) is 0. The maximum atomic E-state index is 5.82. The fourth-order valence-electron chi connectivity index (χ4n) is 3.32. The Bertz CT molecular complexity index is 587. The van der Waals surface area contributed by atoms with E-state index in [2.05, 4.69) is 24.9 Å². The third-order valence-corrected chi connectivity index (χ3v) is 4.30. The molecule has 1 atom stereocenters. The van der Waals surface area contributed by atoms with E-state index in [0.29, 0.717) is 12.1 Å². The van der Waals surface area contributed by atoms with Crippen LogP contribution < -0.4 is 5.73 Å². The van der Waals surface area contributed by atoms with Gasteiger partial charge in [-0.15, -0.1) is 0 Å². The van der Waals surface area contributed by atoms with Gasteiger partial charge < -0.3 is 10.1 Å². The number of piperidine rings is 1. The standard InChI is InChI=1S/C16H24N4/c1-12(2)20-8-4-3-5-15(20)9-14-11-19-10-13(17)6-7-16(19)18-14/h6-7,10-12,15H,3-5,8-9,17H2,1-2H3. The van der Waals surface area contributed by atoms with Crippen molar-refractivity contribution < 1.29 is 0 Å². The van der Waals surface area contributed by atoms with Crippen molar-refractivity contribution in [1.29, 1.82) is 0 Å². The highest BCUT2D eigenvalue weighted by molar-refractivity contribution is 5.48. The van der Waals surface area contributed by atoms with Gasteiger partial charge in [0, 0.05) is 36.6 Å². The summed E-state index contributed by atoms with van der Waals surface area (Å²) in [5, 5.41) is 0. The Balaban J connectivity index is 1.80. The quantitative estimate of drug-likeness (QED) is 0.934. The van der Waals surface area contributed by atoms with E-state index in [0.717, 1.165) is 17.8 Å². The number of anilines is 1. The molecule has 3 heterocycles. The Morgan fingerprint density at radius 3 is 2.95 bits per heavy atom. The van der Waals surface area contributed by atoms with Crippen LogP contribution in [0.5, 0.6) is 0 Å². The summed E-state index contributed by atoms with van der Waals surface area (Å²) in [6, 6.07) is 5.14. The Hall–Kier alpha value is -1.55. The molecule has 20 heavy (non-hydrogen) atoms. The van der Waals surface area contributed by atoms with Crippen molar-refractivity contribution in [3.05, 3.63) is 30.2 Å². The number of hydrogen-bond donors (Lipinski definition) is 1. The highest BCUT2D eigenvalue weighted by Crippen LogP contribution is 2.23. The molecule has 1 aliphatic rings. The Kier molecular flexibility index (Phi) is 3.66. The van der Waals surface area contributed by atoms with Crippen LogP contribution in [-0.2, 0) is 6.42 Å². The summed E-state index contributed by atoms with van der Waals surface area (Å²) in [6.07, 6.45) is 9.06. The van der Waals surface area contributed by atoms with E-state index in [1.807, 2.05) is 22.7 Å². The number of pyridine rings is 1. The van der Waals surface area contributed by atoms with Gasteiger partial charge in [-0.25, -0.2) is 4.98 Å². The number of nitrogens with two attached hydrogens (primary N) is 1. The number of rotatable bonds is 3. The van der Waals surface area contributed by atoms with Crippen molar-refractivity contribution in [2.45, 2.75) is 51.6 Å². The molecule has 1 unspecified atom stereocenters. The molecule has 0 bridgehead atoms. The maximum absolute atomic E-state index is 5.82. The van der Waals surface area contributed by atoms with E-state index >= 15 is 0 Å². The lowest BCUT2D eigenvalue weighted by Gasteiger charge is -2.38. The number of hydrogen-bond acceptors (Lipinski definition) is 3. The van der Waals surface area contributed by atoms with Gasteiger partial charge in [0.2, 0.25) is 0 Å². The van der Waals surface area contributed by atoms with Crippen molar-refractivity contribution in [2.24, 2.45) is 0 Å². The lowest BCUT2D eigenvalue weighted by atomic mass is 9.97. The highest BCUT2D eigenvalue weighted by atomic mass is 15.2. The molecule has 4 nitrogen and oxygen atoms in total. The van der Waals surface area contributed by atoms with Crippen molar-refractivity contribution in [1.82, 2.24) is 14.3 Å². The number of imidazole rings is 1. The molecular formula is C16H24N4. The van der Waals surface area contributed by atoms with Gasteiger partial charge in [-0.05, 0) is 45.4 Å². The molecule has 3 rings (SSSR count). The molecule has 2 aromatic rings. The van der Waals surface area contributed by atoms with Crippen LogP contribution in [0.15, 0.2) is 24.5 Å². The maximum Gasteiger partial charge on any atom is 0.137 e. The molecule has 0 amide bonds. The molecule has 0 aromatic carbocycles. The molecule has 0 spiro atoms. The van der Waals surface area contributed by atoms with Crippen LogP contribution >= 0.6 is 0 Å². The van der Waals surface area contributed by atoms with Gasteiger partial charge in [0.1, 0.15) is 5.65 Å². The van der Waals surface area contributed by atoms with Crippen LogP contribution in [0.2, 0.25) is 0 Å². The van der Waals surface area contributed by atoms with Crippen molar-refractivity contribution in [2.75, 3.05) is 12.3 Å². The van der Waals surface area contributed by atoms with Gasteiger partial charge in [0.25, 0.3) is 0 Å². The summed E-state index contributed by atoms with van der Waals surface area (Å²) >= 11 is 0. The lowest BCUT2D eigenvalue weighted by molar-refractivity contribution is 0.111. The molecule has 1 saturated heterocycles. The zero-order valence-corrected chi connectivity index (χ0v) is 12.4. The zero-order chi connectivity index (χ0) is 14.1. The smallest absolute Gasteiger partial charge is 0.137 e. The van der Waals surface area contributed by atoms with Gasteiger partial charge in [-0.3, -0.25) is 4.90 Å². The zero-order valence-electron chi connectivity index (χ0n) is 12.4. The van der Waals surface area contributed by atoms with Crippen LogP contribution in [0.3, 0.4) is 0 Å². The molecule has 4 heteroatoms. The molecule has 2 aromatic heterocycles. The second-order valence-electron chi connectivity index (χ2n) is 6.15. The van der Waals surface area contributed by atoms with Crippen LogP contribution in [-0.4, -0.2) is 32.9 Å². The summed E-state index contributed by atoms with van der Waals surface area (Å²) in [5.74, 6) is 0. The van der Waals surface area contributed by atoms with Gasteiger partial charge in [-0.2, -0.15) is 0 Å². The second-order valence-corrected chi connectivity index (χ2v) is 6.15. The molecule has 1 fully saturated rings. The van der Waals surface area contributed by atoms with E-state index in [-0.39, 0.29) is 0 Å². The van der Waals surface area contributed by atoms with Crippen LogP contribution in [0.1, 0.15) is 38.8 Å². The highest BCUT2D eigenvalue weighted by Gasteiger charge is 2.25. The van der Waals surface area contributed by atoms with Crippen LogP contribution in [0.25, 0.3) is 5.65 Å². The molecule has 0 aliphatic carbocycles.